The van der Waals surface area contributed by atoms with Gasteiger partial charge in [0.05, 0.1) is 18.1 Å². The Morgan fingerprint density at radius 2 is 2.25 bits per heavy atom. The van der Waals surface area contributed by atoms with Gasteiger partial charge in [-0.3, -0.25) is 10.2 Å². The number of hydrogen-bond donors (Lipinski definition) is 1. The van der Waals surface area contributed by atoms with Gasteiger partial charge in [-0.25, -0.2) is 5.01 Å². The fourth-order valence-corrected chi connectivity index (χ4v) is 1.50. The summed E-state index contributed by atoms with van der Waals surface area (Å²) in [5, 5.41) is 11.9. The summed E-state index contributed by atoms with van der Waals surface area (Å²) in [6.07, 6.45) is 0.218. The largest absolute Gasteiger partial charge is 0.545 e. The monoisotopic (exact) mass is 217 g/mol. The van der Waals surface area contributed by atoms with Crippen LogP contribution in [-0.2, 0) is 4.79 Å². The Labute approximate surface area is 92.0 Å². The number of hydrazine groups is 1. The lowest BCUT2D eigenvalue weighted by Crippen LogP contribution is -2.33. The lowest BCUT2D eigenvalue weighted by Gasteiger charge is -2.17. The molecule has 1 amide bonds. The predicted molar refractivity (Wildman–Crippen MR) is 55.2 cm³/mol. The number of carboxylic acids is 1. The number of hydrogen-bond acceptors (Lipinski definition) is 4. The second kappa shape index (κ2) is 3.69. The summed E-state index contributed by atoms with van der Waals surface area (Å²) < 4.78 is 0. The number of nitrogens with one attached hydrogen (secondary N) is 1. The minimum Gasteiger partial charge on any atom is -0.545 e. The zero-order valence-corrected chi connectivity index (χ0v) is 8.40. The molecule has 82 valence electrons. The summed E-state index contributed by atoms with van der Waals surface area (Å²) in [7, 11) is 0. The van der Waals surface area contributed by atoms with Gasteiger partial charge in [-0.05, 0) is 17.7 Å². The molecule has 1 saturated heterocycles. The standard InChI is InChI=1S/C11H10N2O3/c1-7-5-10(14)13(12-7)9-4-2-3-8(6-9)11(15)16/h2-4,6,12H,1,5H2,(H,15,16)/p-1. The van der Waals surface area contributed by atoms with E-state index >= 15 is 0 Å². The van der Waals surface area contributed by atoms with Crippen molar-refractivity contribution in [2.75, 3.05) is 5.01 Å². The van der Waals surface area contributed by atoms with Crippen LogP contribution in [0.2, 0.25) is 0 Å². The van der Waals surface area contributed by atoms with Gasteiger partial charge in [-0.1, -0.05) is 18.7 Å². The molecule has 0 atom stereocenters. The molecule has 0 bridgehead atoms. The molecule has 1 fully saturated rings. The molecular formula is C11H9N2O3-. The molecule has 0 radical (unpaired) electrons. The molecule has 1 heterocycles. The summed E-state index contributed by atoms with van der Waals surface area (Å²) >= 11 is 0. The van der Waals surface area contributed by atoms with Crippen molar-refractivity contribution in [3.63, 3.8) is 0 Å². The molecule has 0 unspecified atom stereocenters. The van der Waals surface area contributed by atoms with Crippen molar-refractivity contribution < 1.29 is 14.7 Å². The summed E-state index contributed by atoms with van der Waals surface area (Å²) in [5.74, 6) is -1.44. The second-order valence-corrected chi connectivity index (χ2v) is 3.46. The summed E-state index contributed by atoms with van der Waals surface area (Å²) in [6, 6.07) is 5.97. The Balaban J connectivity index is 2.34. The Morgan fingerprint density at radius 3 is 2.81 bits per heavy atom. The second-order valence-electron chi connectivity index (χ2n) is 3.46. The number of amides is 1. The third kappa shape index (κ3) is 1.75. The highest BCUT2D eigenvalue weighted by molar-refractivity contribution is 5.98. The number of anilines is 1. The number of carboxylic acid groups (broad SMARTS) is 1. The van der Waals surface area contributed by atoms with Gasteiger partial charge in [-0.2, -0.15) is 0 Å². The van der Waals surface area contributed by atoms with Crippen molar-refractivity contribution in [2.45, 2.75) is 6.42 Å². The van der Waals surface area contributed by atoms with Crippen molar-refractivity contribution in [3.05, 3.63) is 42.1 Å². The maximum Gasteiger partial charge on any atom is 0.251 e. The van der Waals surface area contributed by atoms with Crippen LogP contribution in [0.25, 0.3) is 0 Å². The number of carbonyl (C=O) groups is 2. The first-order valence-electron chi connectivity index (χ1n) is 4.67. The van der Waals surface area contributed by atoms with Gasteiger partial charge in [0, 0.05) is 5.70 Å². The van der Waals surface area contributed by atoms with Crippen LogP contribution >= 0.6 is 0 Å². The van der Waals surface area contributed by atoms with Crippen LogP contribution in [0.5, 0.6) is 0 Å². The van der Waals surface area contributed by atoms with Gasteiger partial charge < -0.3 is 9.90 Å². The first-order chi connectivity index (χ1) is 7.58. The third-order valence-corrected chi connectivity index (χ3v) is 2.22. The van der Waals surface area contributed by atoms with Crippen molar-refractivity contribution >= 4 is 17.6 Å². The number of aromatic carboxylic acids is 1. The van der Waals surface area contributed by atoms with E-state index in [0.29, 0.717) is 11.4 Å². The van der Waals surface area contributed by atoms with Gasteiger partial charge >= 0.3 is 0 Å². The van der Waals surface area contributed by atoms with Crippen LogP contribution in [0.4, 0.5) is 5.69 Å². The fourth-order valence-electron chi connectivity index (χ4n) is 1.50. The molecule has 1 N–H and O–H groups in total. The van der Waals surface area contributed by atoms with Crippen LogP contribution in [0.1, 0.15) is 16.8 Å². The van der Waals surface area contributed by atoms with Gasteiger partial charge in [0.2, 0.25) is 0 Å². The molecule has 1 aliphatic heterocycles. The van der Waals surface area contributed by atoms with Crippen LogP contribution in [-0.4, -0.2) is 11.9 Å². The Bertz CT molecular complexity index is 482. The van der Waals surface area contributed by atoms with Crippen LogP contribution in [0.3, 0.4) is 0 Å². The Morgan fingerprint density at radius 1 is 1.50 bits per heavy atom. The zero-order chi connectivity index (χ0) is 11.7. The average molecular weight is 217 g/mol. The highest BCUT2D eigenvalue weighted by Gasteiger charge is 2.24. The SMILES string of the molecule is C=C1CC(=O)N(c2cccc(C(=O)[O-])c2)N1. The predicted octanol–water partition coefficient (Wildman–Crippen LogP) is -0.195. The topological polar surface area (TPSA) is 72.5 Å². The minimum atomic E-state index is -1.27. The average Bonchev–Trinajstić information content (AvgIpc) is 2.58. The van der Waals surface area contributed by atoms with E-state index in [1.165, 1.54) is 17.1 Å². The molecule has 0 saturated carbocycles. The molecule has 1 aliphatic rings. The zero-order valence-electron chi connectivity index (χ0n) is 8.40. The number of nitrogens with zero attached hydrogens (tertiary/aromatic N) is 1. The minimum absolute atomic E-state index is 0.0320. The molecule has 0 aromatic heterocycles. The van der Waals surface area contributed by atoms with Crippen LogP contribution in [0.15, 0.2) is 36.5 Å². The van der Waals surface area contributed by atoms with Crippen molar-refractivity contribution in [1.29, 1.82) is 0 Å². The van der Waals surface area contributed by atoms with E-state index < -0.39 is 5.97 Å². The fraction of sp³-hybridized carbons (Fsp3) is 0.0909. The van der Waals surface area contributed by atoms with E-state index in [1.807, 2.05) is 0 Å². The molecule has 1 aromatic carbocycles. The van der Waals surface area contributed by atoms with Crippen molar-refractivity contribution in [1.82, 2.24) is 5.43 Å². The molecule has 1 aromatic rings. The van der Waals surface area contributed by atoms with E-state index in [4.69, 9.17) is 0 Å². The molecule has 0 aliphatic carbocycles. The van der Waals surface area contributed by atoms with Gasteiger partial charge in [0.15, 0.2) is 0 Å². The maximum atomic E-state index is 11.5. The Kier molecular flexibility index (Phi) is 2.36. The number of carbonyl (C=O) groups excluding carboxylic acids is 2. The molecule has 5 nitrogen and oxygen atoms in total. The van der Waals surface area contributed by atoms with Crippen LogP contribution in [0, 0.1) is 0 Å². The van der Waals surface area contributed by atoms with Crippen molar-refractivity contribution in [3.8, 4) is 0 Å². The molecular weight excluding hydrogens is 208 g/mol. The van der Waals surface area contributed by atoms with E-state index in [-0.39, 0.29) is 17.9 Å². The first-order valence-corrected chi connectivity index (χ1v) is 4.67. The first kappa shape index (κ1) is 10.2. The van der Waals surface area contributed by atoms with Gasteiger partial charge in [0.1, 0.15) is 0 Å². The summed E-state index contributed by atoms with van der Waals surface area (Å²) in [5.41, 5.74) is 3.84. The van der Waals surface area contributed by atoms with Gasteiger partial charge in [0.25, 0.3) is 5.91 Å². The van der Waals surface area contributed by atoms with E-state index in [0.717, 1.165) is 0 Å². The Hall–Kier alpha value is -2.30. The van der Waals surface area contributed by atoms with Crippen LogP contribution < -0.4 is 15.5 Å². The van der Waals surface area contributed by atoms with E-state index in [2.05, 4.69) is 12.0 Å². The maximum absolute atomic E-state index is 11.5. The molecule has 5 heteroatoms. The quantitative estimate of drug-likeness (QED) is 0.745. The number of benzene rings is 1. The van der Waals surface area contributed by atoms with Gasteiger partial charge in [-0.15, -0.1) is 0 Å². The lowest BCUT2D eigenvalue weighted by atomic mass is 10.2. The van der Waals surface area contributed by atoms with Crippen molar-refractivity contribution in [2.24, 2.45) is 0 Å². The molecule has 16 heavy (non-hydrogen) atoms. The lowest BCUT2D eigenvalue weighted by molar-refractivity contribution is -0.255. The highest BCUT2D eigenvalue weighted by Crippen LogP contribution is 2.20. The van der Waals surface area contributed by atoms with E-state index in [1.54, 1.807) is 12.1 Å². The normalized spacial score (nSPS) is 15.1. The molecule has 2 rings (SSSR count). The summed E-state index contributed by atoms with van der Waals surface area (Å²) in [4.78, 5) is 22.2. The molecule has 0 spiro atoms. The number of rotatable bonds is 2. The summed E-state index contributed by atoms with van der Waals surface area (Å²) in [6.45, 7) is 3.64. The highest BCUT2D eigenvalue weighted by atomic mass is 16.4. The smallest absolute Gasteiger partial charge is 0.251 e. The van der Waals surface area contributed by atoms with E-state index in [9.17, 15) is 14.7 Å². The third-order valence-electron chi connectivity index (χ3n) is 2.22.